The van der Waals surface area contributed by atoms with Gasteiger partial charge in [0, 0.05) is 24.0 Å². The fourth-order valence-corrected chi connectivity index (χ4v) is 1.96. The molecule has 19 heavy (non-hydrogen) atoms. The van der Waals surface area contributed by atoms with Crippen LogP contribution < -0.4 is 10.6 Å². The van der Waals surface area contributed by atoms with Gasteiger partial charge in [0.1, 0.15) is 0 Å². The molecule has 0 saturated carbocycles. The van der Waals surface area contributed by atoms with Crippen LogP contribution in [0, 0.1) is 6.92 Å². The molecule has 100 valence electrons. The molecular weight excluding hydrogens is 280 g/mol. The summed E-state index contributed by atoms with van der Waals surface area (Å²) in [4.78, 5) is 0. The zero-order valence-electron chi connectivity index (χ0n) is 10.8. The Hall–Kier alpha value is -1.59. The second-order valence-corrected chi connectivity index (χ2v) is 5.03. The molecule has 0 aliphatic heterocycles. The van der Waals surface area contributed by atoms with Crippen molar-refractivity contribution in [3.8, 4) is 0 Å². The first kappa shape index (κ1) is 13.8. The van der Waals surface area contributed by atoms with E-state index in [9.17, 15) is 0 Å². The van der Waals surface area contributed by atoms with E-state index >= 15 is 0 Å². The van der Waals surface area contributed by atoms with Crippen LogP contribution >= 0.6 is 23.8 Å². The number of anilines is 1. The average molecular weight is 295 g/mol. The second kappa shape index (κ2) is 6.04. The third-order valence-electron chi connectivity index (χ3n) is 2.78. The Morgan fingerprint density at radius 2 is 2.21 bits per heavy atom. The van der Waals surface area contributed by atoms with Gasteiger partial charge in [-0.05, 0) is 42.9 Å². The number of aryl methyl sites for hydroxylation is 2. The lowest BCUT2D eigenvalue weighted by Crippen LogP contribution is -2.28. The molecule has 0 atom stereocenters. The fraction of sp³-hybridized carbons (Fsp3) is 0.231. The van der Waals surface area contributed by atoms with Crippen molar-refractivity contribution < 1.29 is 0 Å². The minimum atomic E-state index is 0.557. The van der Waals surface area contributed by atoms with E-state index in [1.54, 1.807) is 10.9 Å². The zero-order chi connectivity index (χ0) is 13.8. The van der Waals surface area contributed by atoms with Crippen molar-refractivity contribution in [1.29, 1.82) is 0 Å². The predicted octanol–water partition coefficient (Wildman–Crippen LogP) is 2.87. The van der Waals surface area contributed by atoms with E-state index in [0.29, 0.717) is 11.7 Å². The molecule has 0 fully saturated rings. The largest absolute Gasteiger partial charge is 0.357 e. The smallest absolute Gasteiger partial charge is 0.171 e. The first-order valence-electron chi connectivity index (χ1n) is 5.84. The van der Waals surface area contributed by atoms with Gasteiger partial charge in [-0.1, -0.05) is 17.7 Å². The molecule has 2 N–H and O–H groups in total. The van der Waals surface area contributed by atoms with Crippen LogP contribution in [-0.2, 0) is 13.6 Å². The van der Waals surface area contributed by atoms with Gasteiger partial charge in [0.15, 0.2) is 5.11 Å². The summed E-state index contributed by atoms with van der Waals surface area (Å²) in [6.45, 7) is 2.59. The summed E-state index contributed by atoms with van der Waals surface area (Å²) in [7, 11) is 1.90. The van der Waals surface area contributed by atoms with E-state index in [1.807, 2.05) is 38.2 Å². The van der Waals surface area contributed by atoms with Crippen molar-refractivity contribution in [2.24, 2.45) is 7.05 Å². The molecule has 0 aliphatic rings. The lowest BCUT2D eigenvalue weighted by atomic mass is 10.2. The Morgan fingerprint density at radius 3 is 2.84 bits per heavy atom. The predicted molar refractivity (Wildman–Crippen MR) is 82.5 cm³/mol. The first-order valence-corrected chi connectivity index (χ1v) is 6.63. The molecule has 1 heterocycles. The summed E-state index contributed by atoms with van der Waals surface area (Å²) in [5.41, 5.74) is 2.98. The summed E-state index contributed by atoms with van der Waals surface area (Å²) in [6, 6.07) is 7.70. The van der Waals surface area contributed by atoms with Gasteiger partial charge in [-0.25, -0.2) is 0 Å². The SMILES string of the molecule is Cc1ccc(NC(=S)NCc2ccnn2C)cc1Cl. The number of hydrogen-bond acceptors (Lipinski definition) is 2. The van der Waals surface area contributed by atoms with Crippen molar-refractivity contribution in [1.82, 2.24) is 15.1 Å². The number of aromatic nitrogens is 2. The quantitative estimate of drug-likeness (QED) is 0.854. The Kier molecular flexibility index (Phi) is 4.39. The molecule has 0 bridgehead atoms. The molecule has 0 amide bonds. The van der Waals surface area contributed by atoms with Gasteiger partial charge in [0.2, 0.25) is 0 Å². The van der Waals surface area contributed by atoms with Crippen LogP contribution in [0.2, 0.25) is 5.02 Å². The van der Waals surface area contributed by atoms with E-state index in [2.05, 4.69) is 15.7 Å². The summed E-state index contributed by atoms with van der Waals surface area (Å²) >= 11 is 11.3. The Morgan fingerprint density at radius 1 is 1.42 bits per heavy atom. The van der Waals surface area contributed by atoms with Gasteiger partial charge in [0.05, 0.1) is 12.2 Å². The van der Waals surface area contributed by atoms with E-state index < -0.39 is 0 Å². The minimum absolute atomic E-state index is 0.557. The summed E-state index contributed by atoms with van der Waals surface area (Å²) in [5.74, 6) is 0. The summed E-state index contributed by atoms with van der Waals surface area (Å²) in [5, 5.41) is 11.6. The number of benzene rings is 1. The van der Waals surface area contributed by atoms with Gasteiger partial charge < -0.3 is 10.6 Å². The molecule has 0 radical (unpaired) electrons. The van der Waals surface area contributed by atoms with Crippen molar-refractivity contribution >= 4 is 34.6 Å². The highest BCUT2D eigenvalue weighted by atomic mass is 35.5. The number of nitrogens with zero attached hydrogens (tertiary/aromatic N) is 2. The molecule has 2 rings (SSSR count). The maximum absolute atomic E-state index is 6.06. The Balaban J connectivity index is 1.91. The molecule has 0 unspecified atom stereocenters. The van der Waals surface area contributed by atoms with Gasteiger partial charge in [-0.3, -0.25) is 4.68 Å². The lowest BCUT2D eigenvalue weighted by molar-refractivity contribution is 0.695. The molecule has 0 spiro atoms. The number of halogens is 1. The third kappa shape index (κ3) is 3.68. The second-order valence-electron chi connectivity index (χ2n) is 4.22. The lowest BCUT2D eigenvalue weighted by Gasteiger charge is -2.11. The topological polar surface area (TPSA) is 41.9 Å². The van der Waals surface area contributed by atoms with E-state index in [1.165, 1.54) is 0 Å². The van der Waals surface area contributed by atoms with Crippen molar-refractivity contribution in [3.63, 3.8) is 0 Å². The van der Waals surface area contributed by atoms with Gasteiger partial charge >= 0.3 is 0 Å². The number of rotatable bonds is 3. The molecule has 1 aromatic carbocycles. The van der Waals surface area contributed by atoms with Crippen LogP contribution in [0.5, 0.6) is 0 Å². The molecule has 0 saturated heterocycles. The zero-order valence-corrected chi connectivity index (χ0v) is 12.3. The van der Waals surface area contributed by atoms with Crippen LogP contribution in [0.4, 0.5) is 5.69 Å². The van der Waals surface area contributed by atoms with Crippen LogP contribution in [0.15, 0.2) is 30.5 Å². The summed E-state index contributed by atoms with van der Waals surface area (Å²) < 4.78 is 1.80. The van der Waals surface area contributed by atoms with Crippen molar-refractivity contribution in [2.75, 3.05) is 5.32 Å². The van der Waals surface area contributed by atoms with Crippen LogP contribution in [0.3, 0.4) is 0 Å². The maximum atomic E-state index is 6.06. The molecule has 1 aromatic heterocycles. The standard InChI is InChI=1S/C13H15ClN4S/c1-9-3-4-10(7-12(9)14)17-13(19)15-8-11-5-6-16-18(11)2/h3-7H,8H2,1-2H3,(H2,15,17,19). The van der Waals surface area contributed by atoms with Gasteiger partial charge in [-0.2, -0.15) is 5.10 Å². The average Bonchev–Trinajstić information content (AvgIpc) is 2.77. The van der Waals surface area contributed by atoms with E-state index in [4.69, 9.17) is 23.8 Å². The first-order chi connectivity index (χ1) is 9.06. The maximum Gasteiger partial charge on any atom is 0.171 e. The fourth-order valence-electron chi connectivity index (χ4n) is 1.59. The monoisotopic (exact) mass is 294 g/mol. The molecule has 2 aromatic rings. The molecule has 6 heteroatoms. The highest BCUT2D eigenvalue weighted by Gasteiger charge is 2.02. The van der Waals surface area contributed by atoms with Crippen molar-refractivity contribution in [2.45, 2.75) is 13.5 Å². The molecular formula is C13H15ClN4S. The van der Waals surface area contributed by atoms with Crippen LogP contribution in [0.25, 0.3) is 0 Å². The highest BCUT2D eigenvalue weighted by molar-refractivity contribution is 7.80. The Bertz CT molecular complexity index is 594. The minimum Gasteiger partial charge on any atom is -0.357 e. The van der Waals surface area contributed by atoms with Gasteiger partial charge in [-0.15, -0.1) is 0 Å². The van der Waals surface area contributed by atoms with E-state index in [-0.39, 0.29) is 0 Å². The number of thiocarbonyl (C=S) groups is 1. The highest BCUT2D eigenvalue weighted by Crippen LogP contribution is 2.19. The van der Waals surface area contributed by atoms with Crippen molar-refractivity contribution in [3.05, 3.63) is 46.7 Å². The third-order valence-corrected chi connectivity index (χ3v) is 3.44. The number of hydrogen-bond donors (Lipinski definition) is 2. The van der Waals surface area contributed by atoms with Gasteiger partial charge in [0.25, 0.3) is 0 Å². The van der Waals surface area contributed by atoms with E-state index in [0.717, 1.165) is 22.0 Å². The van der Waals surface area contributed by atoms with Crippen LogP contribution in [0.1, 0.15) is 11.3 Å². The molecule has 4 nitrogen and oxygen atoms in total. The molecule has 0 aliphatic carbocycles. The normalized spacial score (nSPS) is 10.3. The number of nitrogens with one attached hydrogen (secondary N) is 2. The van der Waals surface area contributed by atoms with Crippen LogP contribution in [-0.4, -0.2) is 14.9 Å². The summed E-state index contributed by atoms with van der Waals surface area (Å²) in [6.07, 6.45) is 1.76. The Labute approximate surface area is 122 Å².